The number of rotatable bonds is 4. The van der Waals surface area contributed by atoms with Gasteiger partial charge in [0.25, 0.3) is 0 Å². The van der Waals surface area contributed by atoms with Crippen LogP contribution in [0.1, 0.15) is 0 Å². The Hall–Kier alpha value is -4.06. The quantitative estimate of drug-likeness (QED) is 0.478. The van der Waals surface area contributed by atoms with E-state index in [9.17, 15) is 0 Å². The highest BCUT2D eigenvalue weighted by molar-refractivity contribution is 5.79. The third kappa shape index (κ3) is 3.19. The summed E-state index contributed by atoms with van der Waals surface area (Å²) >= 11 is 0. The lowest BCUT2D eigenvalue weighted by Crippen LogP contribution is -1.91. The van der Waals surface area contributed by atoms with E-state index in [1.165, 1.54) is 6.33 Å². The molecule has 5 rings (SSSR count). The second-order valence-electron chi connectivity index (χ2n) is 6.39. The van der Waals surface area contributed by atoms with Crippen LogP contribution in [0.2, 0.25) is 0 Å². The molecule has 0 saturated carbocycles. The minimum absolute atomic E-state index is 0.825. The van der Waals surface area contributed by atoms with Gasteiger partial charge in [0.1, 0.15) is 12.2 Å². The van der Waals surface area contributed by atoms with E-state index >= 15 is 0 Å². The molecule has 6 nitrogen and oxygen atoms in total. The van der Waals surface area contributed by atoms with Crippen molar-refractivity contribution < 1.29 is 0 Å². The molecule has 6 heteroatoms. The molecule has 0 unspecified atom stereocenters. The summed E-state index contributed by atoms with van der Waals surface area (Å²) in [5, 5.41) is 3.44. The second kappa shape index (κ2) is 6.92. The zero-order valence-corrected chi connectivity index (χ0v) is 14.9. The SMILES string of the molecule is c1cc(Nc2ccc(-c3cncnc3)cc2)cc(-c2nc3ccncc3[nH]2)c1. The molecule has 3 aromatic heterocycles. The Morgan fingerprint density at radius 1 is 0.714 bits per heavy atom. The van der Waals surface area contributed by atoms with Gasteiger partial charge in [0.2, 0.25) is 0 Å². The number of imidazole rings is 1. The Kier molecular flexibility index (Phi) is 3.99. The van der Waals surface area contributed by atoms with Gasteiger partial charge in [0.15, 0.2) is 0 Å². The second-order valence-corrected chi connectivity index (χ2v) is 6.39. The maximum absolute atomic E-state index is 4.64. The molecule has 0 bridgehead atoms. The number of hydrogen-bond acceptors (Lipinski definition) is 5. The summed E-state index contributed by atoms with van der Waals surface area (Å²) in [5.74, 6) is 0.825. The first-order valence-corrected chi connectivity index (χ1v) is 8.88. The van der Waals surface area contributed by atoms with Crippen molar-refractivity contribution >= 4 is 22.4 Å². The van der Waals surface area contributed by atoms with Crippen molar-refractivity contribution in [3.05, 3.63) is 85.7 Å². The van der Waals surface area contributed by atoms with Crippen molar-refractivity contribution in [1.29, 1.82) is 0 Å². The topological polar surface area (TPSA) is 79.4 Å². The van der Waals surface area contributed by atoms with Gasteiger partial charge in [-0.2, -0.15) is 0 Å². The third-order valence-corrected chi connectivity index (χ3v) is 4.49. The van der Waals surface area contributed by atoms with E-state index in [4.69, 9.17) is 0 Å². The highest BCUT2D eigenvalue weighted by Gasteiger charge is 2.06. The Morgan fingerprint density at radius 3 is 2.39 bits per heavy atom. The van der Waals surface area contributed by atoms with E-state index in [0.29, 0.717) is 0 Å². The van der Waals surface area contributed by atoms with Crippen LogP contribution < -0.4 is 5.32 Å². The molecule has 0 fully saturated rings. The fourth-order valence-corrected chi connectivity index (χ4v) is 3.10. The van der Waals surface area contributed by atoms with E-state index in [-0.39, 0.29) is 0 Å². The van der Waals surface area contributed by atoms with Crippen LogP contribution in [0, 0.1) is 0 Å². The van der Waals surface area contributed by atoms with Gasteiger partial charge < -0.3 is 10.3 Å². The average Bonchev–Trinajstić information content (AvgIpc) is 3.20. The first kappa shape index (κ1) is 16.1. The van der Waals surface area contributed by atoms with Gasteiger partial charge in [0, 0.05) is 41.1 Å². The van der Waals surface area contributed by atoms with Gasteiger partial charge in [-0.05, 0) is 35.9 Å². The molecular weight excluding hydrogens is 348 g/mol. The fraction of sp³-hybridized carbons (Fsp3) is 0. The largest absolute Gasteiger partial charge is 0.356 e. The zero-order chi connectivity index (χ0) is 18.8. The highest BCUT2D eigenvalue weighted by atomic mass is 14.9. The highest BCUT2D eigenvalue weighted by Crippen LogP contribution is 2.26. The van der Waals surface area contributed by atoms with E-state index in [0.717, 1.165) is 44.9 Å². The van der Waals surface area contributed by atoms with Gasteiger partial charge in [-0.3, -0.25) is 4.98 Å². The van der Waals surface area contributed by atoms with Crippen LogP contribution in [0.3, 0.4) is 0 Å². The lowest BCUT2D eigenvalue weighted by Gasteiger charge is -2.09. The van der Waals surface area contributed by atoms with Crippen LogP contribution in [0.25, 0.3) is 33.5 Å². The molecule has 2 N–H and O–H groups in total. The Labute approximate surface area is 161 Å². The van der Waals surface area contributed by atoms with Gasteiger partial charge in [0.05, 0.1) is 17.2 Å². The number of nitrogens with one attached hydrogen (secondary N) is 2. The molecule has 28 heavy (non-hydrogen) atoms. The molecule has 5 aromatic rings. The van der Waals surface area contributed by atoms with Crippen molar-refractivity contribution in [2.45, 2.75) is 0 Å². The van der Waals surface area contributed by atoms with Crippen molar-refractivity contribution in [3.8, 4) is 22.5 Å². The third-order valence-electron chi connectivity index (χ3n) is 4.49. The van der Waals surface area contributed by atoms with Gasteiger partial charge in [-0.1, -0.05) is 24.3 Å². The predicted molar refractivity (Wildman–Crippen MR) is 110 cm³/mol. The molecule has 0 saturated heterocycles. The molecule has 0 radical (unpaired) electrons. The molecule has 3 heterocycles. The number of H-pyrrole nitrogens is 1. The fourth-order valence-electron chi connectivity index (χ4n) is 3.10. The van der Waals surface area contributed by atoms with Crippen molar-refractivity contribution in [1.82, 2.24) is 24.9 Å². The first-order valence-electron chi connectivity index (χ1n) is 8.88. The van der Waals surface area contributed by atoms with Gasteiger partial charge in [-0.15, -0.1) is 0 Å². The molecule has 0 atom stereocenters. The number of benzene rings is 2. The number of pyridine rings is 1. The van der Waals surface area contributed by atoms with Crippen LogP contribution in [0.4, 0.5) is 11.4 Å². The molecule has 0 amide bonds. The minimum atomic E-state index is 0.825. The van der Waals surface area contributed by atoms with Gasteiger partial charge >= 0.3 is 0 Å². The standard InChI is InChI=1S/C22H16N6/c1-2-16(22-27-20-8-9-23-13-21(20)28-22)10-19(3-1)26-18-6-4-15(5-7-18)17-11-24-14-25-12-17/h1-14,26H,(H,27,28). The Morgan fingerprint density at radius 2 is 1.57 bits per heavy atom. The molecule has 0 spiro atoms. The zero-order valence-electron chi connectivity index (χ0n) is 14.9. The Bertz CT molecular complexity index is 1200. The van der Waals surface area contributed by atoms with Crippen LogP contribution in [-0.4, -0.2) is 24.9 Å². The number of anilines is 2. The molecule has 0 aliphatic carbocycles. The van der Waals surface area contributed by atoms with Crippen LogP contribution in [-0.2, 0) is 0 Å². The number of fused-ring (bicyclic) bond motifs is 1. The van der Waals surface area contributed by atoms with Crippen molar-refractivity contribution in [3.63, 3.8) is 0 Å². The van der Waals surface area contributed by atoms with Crippen molar-refractivity contribution in [2.75, 3.05) is 5.32 Å². The summed E-state index contributed by atoms with van der Waals surface area (Å²) in [6, 6.07) is 18.2. The average molecular weight is 364 g/mol. The first-order chi connectivity index (χ1) is 13.8. The molecular formula is C22H16N6. The summed E-state index contributed by atoms with van der Waals surface area (Å²) in [6.07, 6.45) is 8.68. The summed E-state index contributed by atoms with van der Waals surface area (Å²) in [5.41, 5.74) is 6.92. The van der Waals surface area contributed by atoms with Crippen LogP contribution >= 0.6 is 0 Å². The summed E-state index contributed by atoms with van der Waals surface area (Å²) in [7, 11) is 0. The van der Waals surface area contributed by atoms with Crippen LogP contribution in [0.15, 0.2) is 85.7 Å². The van der Waals surface area contributed by atoms with E-state index in [2.05, 4.69) is 48.4 Å². The van der Waals surface area contributed by atoms with E-state index < -0.39 is 0 Å². The summed E-state index contributed by atoms with van der Waals surface area (Å²) in [6.45, 7) is 0. The smallest absolute Gasteiger partial charge is 0.138 e. The monoisotopic (exact) mass is 364 g/mol. The lowest BCUT2D eigenvalue weighted by atomic mass is 10.1. The number of nitrogens with zero attached hydrogens (tertiary/aromatic N) is 4. The minimum Gasteiger partial charge on any atom is -0.356 e. The van der Waals surface area contributed by atoms with Crippen LogP contribution in [0.5, 0.6) is 0 Å². The predicted octanol–water partition coefficient (Wildman–Crippen LogP) is 4.83. The maximum Gasteiger partial charge on any atom is 0.138 e. The van der Waals surface area contributed by atoms with E-state index in [1.54, 1.807) is 12.4 Å². The number of hydrogen-bond donors (Lipinski definition) is 2. The molecule has 2 aromatic carbocycles. The van der Waals surface area contributed by atoms with Gasteiger partial charge in [-0.25, -0.2) is 15.0 Å². The molecule has 134 valence electrons. The number of aromatic amines is 1. The normalized spacial score (nSPS) is 10.9. The summed E-state index contributed by atoms with van der Waals surface area (Å²) in [4.78, 5) is 20.2. The Balaban J connectivity index is 1.39. The molecule has 0 aliphatic rings. The maximum atomic E-state index is 4.64. The number of aromatic nitrogens is 5. The lowest BCUT2D eigenvalue weighted by molar-refractivity contribution is 1.17. The van der Waals surface area contributed by atoms with E-state index in [1.807, 2.05) is 48.8 Å². The molecule has 0 aliphatic heterocycles. The van der Waals surface area contributed by atoms with Crippen molar-refractivity contribution in [2.24, 2.45) is 0 Å². The summed E-state index contributed by atoms with van der Waals surface area (Å²) < 4.78 is 0.